The van der Waals surface area contributed by atoms with Crippen molar-refractivity contribution in [3.05, 3.63) is 29.8 Å². The number of nitrogens with one attached hydrogen (secondary N) is 1. The predicted molar refractivity (Wildman–Crippen MR) is 94.2 cm³/mol. The molecule has 1 amide bonds. The van der Waals surface area contributed by atoms with E-state index in [1.54, 1.807) is 24.3 Å². The Morgan fingerprint density at radius 1 is 1.12 bits per heavy atom. The Bertz CT molecular complexity index is 648. The fraction of sp³-hybridized carbons (Fsp3) is 0.588. The number of nitrogens with zero attached hydrogens (tertiary/aromatic N) is 2. The van der Waals surface area contributed by atoms with Crippen LogP contribution in [0, 0.1) is 12.8 Å². The Hall–Kier alpha value is -1.44. The third kappa shape index (κ3) is 5.03. The molecule has 0 saturated carbocycles. The Morgan fingerprint density at radius 2 is 1.71 bits per heavy atom. The molecule has 134 valence electrons. The second kappa shape index (κ2) is 8.09. The third-order valence-corrected chi connectivity index (χ3v) is 5.71. The summed E-state index contributed by atoms with van der Waals surface area (Å²) in [6.45, 7) is 9.75. The van der Waals surface area contributed by atoms with Crippen molar-refractivity contribution in [3.8, 4) is 0 Å². The van der Waals surface area contributed by atoms with Gasteiger partial charge in [-0.1, -0.05) is 31.5 Å². The number of sulfonamides is 1. The minimum absolute atomic E-state index is 0.0258. The zero-order valence-corrected chi connectivity index (χ0v) is 15.5. The molecule has 1 aliphatic heterocycles. The number of piperazine rings is 1. The minimum atomic E-state index is -3.45. The second-order valence-corrected chi connectivity index (χ2v) is 8.30. The zero-order chi connectivity index (χ0) is 17.7. The Balaban J connectivity index is 1.77. The molecule has 0 radical (unpaired) electrons. The van der Waals surface area contributed by atoms with Gasteiger partial charge in [0.25, 0.3) is 0 Å². The van der Waals surface area contributed by atoms with Crippen LogP contribution in [0.5, 0.6) is 0 Å². The Kier molecular flexibility index (Phi) is 6.37. The molecule has 0 bridgehead atoms. The molecule has 0 atom stereocenters. The van der Waals surface area contributed by atoms with Gasteiger partial charge in [-0.25, -0.2) is 13.1 Å². The molecule has 1 N–H and O–H groups in total. The average Bonchev–Trinajstić information content (AvgIpc) is 2.55. The fourth-order valence-electron chi connectivity index (χ4n) is 2.70. The van der Waals surface area contributed by atoms with Crippen LogP contribution in [0.4, 0.5) is 0 Å². The molecule has 1 saturated heterocycles. The highest BCUT2D eigenvalue weighted by Crippen LogP contribution is 2.10. The molecule has 1 aromatic carbocycles. The summed E-state index contributed by atoms with van der Waals surface area (Å²) in [6.07, 6.45) is 0. The van der Waals surface area contributed by atoms with Crippen molar-refractivity contribution in [2.24, 2.45) is 5.92 Å². The van der Waals surface area contributed by atoms with Crippen molar-refractivity contribution >= 4 is 15.9 Å². The maximum atomic E-state index is 12.2. The summed E-state index contributed by atoms with van der Waals surface area (Å²) in [7, 11) is -3.45. The number of carbonyl (C=O) groups excluding carboxylic acids is 1. The van der Waals surface area contributed by atoms with Crippen LogP contribution in [-0.4, -0.2) is 63.4 Å². The van der Waals surface area contributed by atoms with Crippen molar-refractivity contribution in [2.45, 2.75) is 25.7 Å². The number of carbonyl (C=O) groups is 1. The summed E-state index contributed by atoms with van der Waals surface area (Å²) in [5.41, 5.74) is 1.03. The van der Waals surface area contributed by atoms with Gasteiger partial charge in [0.15, 0.2) is 0 Å². The maximum Gasteiger partial charge on any atom is 0.240 e. The highest BCUT2D eigenvalue weighted by molar-refractivity contribution is 7.89. The average molecular weight is 353 g/mol. The molecule has 1 aromatic rings. The molecule has 24 heavy (non-hydrogen) atoms. The summed E-state index contributed by atoms with van der Waals surface area (Å²) in [5, 5.41) is 0. The van der Waals surface area contributed by atoms with Crippen LogP contribution in [0.1, 0.15) is 19.4 Å². The quantitative estimate of drug-likeness (QED) is 0.831. The molecule has 0 spiro atoms. The first-order valence-electron chi connectivity index (χ1n) is 8.37. The summed E-state index contributed by atoms with van der Waals surface area (Å²) >= 11 is 0. The van der Waals surface area contributed by atoms with Gasteiger partial charge in [0.05, 0.1) is 4.90 Å². The predicted octanol–water partition coefficient (Wildman–Crippen LogP) is 1.07. The molecule has 1 fully saturated rings. The summed E-state index contributed by atoms with van der Waals surface area (Å²) in [5.74, 6) is 0.215. The van der Waals surface area contributed by atoms with Gasteiger partial charge in [-0.2, -0.15) is 0 Å². The van der Waals surface area contributed by atoms with Gasteiger partial charge < -0.3 is 4.90 Å². The monoisotopic (exact) mass is 353 g/mol. The lowest BCUT2D eigenvalue weighted by molar-refractivity contribution is -0.136. The van der Waals surface area contributed by atoms with Gasteiger partial charge in [-0.15, -0.1) is 0 Å². The molecule has 0 aromatic heterocycles. The van der Waals surface area contributed by atoms with E-state index in [1.165, 1.54) is 0 Å². The molecule has 2 rings (SSSR count). The Labute approximate surface area is 144 Å². The third-order valence-electron chi connectivity index (χ3n) is 4.23. The van der Waals surface area contributed by atoms with Crippen molar-refractivity contribution in [1.82, 2.24) is 14.5 Å². The number of amides is 1. The first-order valence-corrected chi connectivity index (χ1v) is 9.85. The van der Waals surface area contributed by atoms with Crippen molar-refractivity contribution in [2.75, 3.05) is 39.3 Å². The first-order chi connectivity index (χ1) is 11.3. The molecule has 7 heteroatoms. The number of aryl methyl sites for hydroxylation is 1. The minimum Gasteiger partial charge on any atom is -0.340 e. The molecule has 0 aliphatic carbocycles. The number of rotatable bonds is 6. The standard InChI is InChI=1S/C17H27N3O3S/c1-14(2)17(21)20-12-10-19(11-13-20)9-8-18-24(22,23)16-6-4-15(3)5-7-16/h4-7,14,18H,8-13H2,1-3H3. The fourth-order valence-corrected chi connectivity index (χ4v) is 3.72. The van der Waals surface area contributed by atoms with Crippen molar-refractivity contribution in [3.63, 3.8) is 0 Å². The lowest BCUT2D eigenvalue weighted by atomic mass is 10.1. The number of benzene rings is 1. The summed E-state index contributed by atoms with van der Waals surface area (Å²) in [4.78, 5) is 16.3. The molecular formula is C17H27N3O3S. The molecule has 1 aliphatic rings. The van der Waals surface area contributed by atoms with Crippen LogP contribution in [0.25, 0.3) is 0 Å². The highest BCUT2D eigenvalue weighted by atomic mass is 32.2. The first kappa shape index (κ1) is 18.9. The van der Waals surface area contributed by atoms with Gasteiger partial charge in [0.2, 0.25) is 15.9 Å². The topological polar surface area (TPSA) is 69.7 Å². The van der Waals surface area contributed by atoms with E-state index in [0.717, 1.165) is 18.7 Å². The van der Waals surface area contributed by atoms with Gasteiger partial charge >= 0.3 is 0 Å². The zero-order valence-electron chi connectivity index (χ0n) is 14.7. The second-order valence-electron chi connectivity index (χ2n) is 6.53. The largest absolute Gasteiger partial charge is 0.340 e. The highest BCUT2D eigenvalue weighted by Gasteiger charge is 2.23. The van der Waals surface area contributed by atoms with Gasteiger partial charge in [-0.3, -0.25) is 9.69 Å². The number of hydrogen-bond acceptors (Lipinski definition) is 4. The van der Waals surface area contributed by atoms with Crippen molar-refractivity contribution < 1.29 is 13.2 Å². The maximum absolute atomic E-state index is 12.2. The van der Waals surface area contributed by atoms with Crippen LogP contribution < -0.4 is 4.72 Å². The SMILES string of the molecule is Cc1ccc(S(=O)(=O)NCCN2CCN(C(=O)C(C)C)CC2)cc1. The van der Waals surface area contributed by atoms with E-state index in [1.807, 2.05) is 25.7 Å². The lowest BCUT2D eigenvalue weighted by Crippen LogP contribution is -2.51. The van der Waals surface area contributed by atoms with E-state index >= 15 is 0 Å². The van der Waals surface area contributed by atoms with Gasteiger partial charge in [-0.05, 0) is 19.1 Å². The van der Waals surface area contributed by atoms with Gasteiger partial charge in [0.1, 0.15) is 0 Å². The Morgan fingerprint density at radius 3 is 2.25 bits per heavy atom. The smallest absolute Gasteiger partial charge is 0.240 e. The molecule has 6 nitrogen and oxygen atoms in total. The van der Waals surface area contributed by atoms with E-state index in [4.69, 9.17) is 0 Å². The van der Waals surface area contributed by atoms with Crippen LogP contribution in [0.2, 0.25) is 0 Å². The van der Waals surface area contributed by atoms with Gasteiger partial charge in [0, 0.05) is 45.2 Å². The van der Waals surface area contributed by atoms with Crippen LogP contribution in [-0.2, 0) is 14.8 Å². The summed E-state index contributed by atoms with van der Waals surface area (Å²) in [6, 6.07) is 6.82. The molecule has 1 heterocycles. The van der Waals surface area contributed by atoms with E-state index in [9.17, 15) is 13.2 Å². The molecular weight excluding hydrogens is 326 g/mol. The normalized spacial score (nSPS) is 16.6. The van der Waals surface area contributed by atoms with E-state index < -0.39 is 10.0 Å². The number of hydrogen-bond donors (Lipinski definition) is 1. The van der Waals surface area contributed by atoms with Crippen LogP contribution >= 0.6 is 0 Å². The van der Waals surface area contributed by atoms with E-state index in [2.05, 4.69) is 9.62 Å². The molecule has 0 unspecified atom stereocenters. The van der Waals surface area contributed by atoms with Crippen LogP contribution in [0.3, 0.4) is 0 Å². The van der Waals surface area contributed by atoms with E-state index in [0.29, 0.717) is 31.1 Å². The summed E-state index contributed by atoms with van der Waals surface area (Å²) < 4.78 is 27.1. The van der Waals surface area contributed by atoms with Crippen LogP contribution in [0.15, 0.2) is 29.2 Å². The van der Waals surface area contributed by atoms with E-state index in [-0.39, 0.29) is 11.8 Å². The van der Waals surface area contributed by atoms with Crippen molar-refractivity contribution in [1.29, 1.82) is 0 Å². The lowest BCUT2D eigenvalue weighted by Gasteiger charge is -2.35.